The van der Waals surface area contributed by atoms with E-state index in [1.165, 1.54) is 0 Å². The lowest BCUT2D eigenvalue weighted by Crippen LogP contribution is -2.33. The van der Waals surface area contributed by atoms with Crippen molar-refractivity contribution in [2.75, 3.05) is 32.8 Å². The average molecular weight is 458 g/mol. The molecule has 1 aliphatic rings. The Morgan fingerprint density at radius 3 is 2.73 bits per heavy atom. The monoisotopic (exact) mass is 456 g/mol. The normalized spacial score (nSPS) is 16.9. The Morgan fingerprint density at radius 2 is 1.96 bits per heavy atom. The summed E-state index contributed by atoms with van der Waals surface area (Å²) in [4.78, 5) is 2.49. The van der Waals surface area contributed by atoms with Crippen molar-refractivity contribution in [3.05, 3.63) is 62.0 Å². The van der Waals surface area contributed by atoms with Gasteiger partial charge in [0.1, 0.15) is 5.75 Å². The molecule has 3 rings (SSSR count). The predicted octanol–water partition coefficient (Wildman–Crippen LogP) is 5.54. The third kappa shape index (κ3) is 4.73. The summed E-state index contributed by atoms with van der Waals surface area (Å²) in [5.41, 5.74) is 2.27. The van der Waals surface area contributed by atoms with Gasteiger partial charge >= 0.3 is 0 Å². The van der Waals surface area contributed by atoms with E-state index in [0.717, 1.165) is 53.9 Å². The maximum absolute atomic E-state index is 6.35. The van der Waals surface area contributed by atoms with Gasteiger partial charge in [-0.25, -0.2) is 0 Å². The van der Waals surface area contributed by atoms with Crippen LogP contribution in [-0.4, -0.2) is 37.7 Å². The molecule has 26 heavy (non-hydrogen) atoms. The van der Waals surface area contributed by atoms with Crippen LogP contribution in [0.4, 0.5) is 0 Å². The zero-order valence-electron chi connectivity index (χ0n) is 14.8. The van der Waals surface area contributed by atoms with Crippen LogP contribution in [0, 0.1) is 0 Å². The minimum atomic E-state index is 0.0590. The lowest BCUT2D eigenvalue weighted by atomic mass is 9.95. The Kier molecular flexibility index (Phi) is 7.24. The first-order chi connectivity index (χ1) is 12.6. The smallest absolute Gasteiger partial charge is 0.124 e. The van der Waals surface area contributed by atoms with Crippen LogP contribution >= 0.6 is 39.1 Å². The SMILES string of the molecule is CCOc1ccc(Br)cc1C(c1ccc(Cl)c(Cl)c1)N1CCCNCC1. The largest absolute Gasteiger partial charge is 0.494 e. The summed E-state index contributed by atoms with van der Waals surface area (Å²) in [7, 11) is 0. The standard InChI is InChI=1S/C20H23BrCl2N2O/c1-2-26-19-7-5-15(21)13-16(19)20(25-10-3-8-24-9-11-25)14-4-6-17(22)18(23)12-14/h4-7,12-13,20,24H,2-3,8-11H2,1H3. The molecule has 0 spiro atoms. The molecule has 1 saturated heterocycles. The summed E-state index contributed by atoms with van der Waals surface area (Å²) in [6.45, 7) is 6.62. The quantitative estimate of drug-likeness (QED) is 0.637. The van der Waals surface area contributed by atoms with Crippen LogP contribution in [0.15, 0.2) is 40.9 Å². The van der Waals surface area contributed by atoms with Crippen molar-refractivity contribution in [3.8, 4) is 5.75 Å². The molecular formula is C20H23BrCl2N2O. The fourth-order valence-electron chi connectivity index (χ4n) is 3.41. The van der Waals surface area contributed by atoms with Crippen molar-refractivity contribution in [2.24, 2.45) is 0 Å². The van der Waals surface area contributed by atoms with Crippen molar-refractivity contribution in [1.29, 1.82) is 0 Å². The lowest BCUT2D eigenvalue weighted by Gasteiger charge is -2.32. The first-order valence-electron chi connectivity index (χ1n) is 8.92. The van der Waals surface area contributed by atoms with Gasteiger partial charge in [0.25, 0.3) is 0 Å². The zero-order chi connectivity index (χ0) is 18.5. The highest BCUT2D eigenvalue weighted by Crippen LogP contribution is 2.38. The topological polar surface area (TPSA) is 24.5 Å². The fraction of sp³-hybridized carbons (Fsp3) is 0.400. The van der Waals surface area contributed by atoms with Crippen molar-refractivity contribution < 1.29 is 4.74 Å². The van der Waals surface area contributed by atoms with E-state index in [0.29, 0.717) is 16.7 Å². The molecule has 1 atom stereocenters. The van der Waals surface area contributed by atoms with Crippen LogP contribution in [0.2, 0.25) is 10.0 Å². The van der Waals surface area contributed by atoms with Crippen LogP contribution in [0.3, 0.4) is 0 Å². The number of nitrogens with one attached hydrogen (secondary N) is 1. The van der Waals surface area contributed by atoms with Gasteiger partial charge in [-0.15, -0.1) is 0 Å². The van der Waals surface area contributed by atoms with Gasteiger partial charge in [-0.1, -0.05) is 45.2 Å². The molecule has 0 radical (unpaired) electrons. The molecule has 1 heterocycles. The minimum absolute atomic E-state index is 0.0590. The number of hydrogen-bond donors (Lipinski definition) is 1. The summed E-state index contributed by atoms with van der Waals surface area (Å²) in [5, 5.41) is 4.63. The molecule has 2 aromatic rings. The van der Waals surface area contributed by atoms with Gasteiger partial charge in [-0.05, 0) is 55.8 Å². The van der Waals surface area contributed by atoms with Crippen molar-refractivity contribution in [2.45, 2.75) is 19.4 Å². The predicted molar refractivity (Wildman–Crippen MR) is 113 cm³/mol. The first-order valence-corrected chi connectivity index (χ1v) is 10.5. The zero-order valence-corrected chi connectivity index (χ0v) is 17.9. The summed E-state index contributed by atoms with van der Waals surface area (Å²) in [6, 6.07) is 12.2. The molecule has 1 unspecified atom stereocenters. The highest BCUT2D eigenvalue weighted by atomic mass is 79.9. The maximum atomic E-state index is 6.35. The van der Waals surface area contributed by atoms with Crippen LogP contribution in [-0.2, 0) is 0 Å². The van der Waals surface area contributed by atoms with Gasteiger partial charge < -0.3 is 10.1 Å². The highest BCUT2D eigenvalue weighted by Gasteiger charge is 2.27. The van der Waals surface area contributed by atoms with E-state index in [2.05, 4.69) is 38.3 Å². The Balaban J connectivity index is 2.10. The molecule has 1 fully saturated rings. The van der Waals surface area contributed by atoms with E-state index in [9.17, 15) is 0 Å². The Labute approximate surface area is 173 Å². The number of nitrogens with zero attached hydrogens (tertiary/aromatic N) is 1. The van der Waals surface area contributed by atoms with Crippen LogP contribution in [0.1, 0.15) is 30.5 Å². The van der Waals surface area contributed by atoms with Gasteiger partial charge in [0.15, 0.2) is 0 Å². The van der Waals surface area contributed by atoms with E-state index in [1.54, 1.807) is 0 Å². The molecular weight excluding hydrogens is 435 g/mol. The minimum Gasteiger partial charge on any atom is -0.494 e. The number of ether oxygens (including phenoxy) is 1. The van der Waals surface area contributed by atoms with E-state index in [1.807, 2.05) is 31.2 Å². The summed E-state index contributed by atoms with van der Waals surface area (Å²) < 4.78 is 6.98. The maximum Gasteiger partial charge on any atom is 0.124 e. The molecule has 0 aromatic heterocycles. The van der Waals surface area contributed by atoms with Crippen LogP contribution < -0.4 is 10.1 Å². The summed E-state index contributed by atoms with van der Waals surface area (Å²) in [6.07, 6.45) is 1.11. The first kappa shape index (κ1) is 20.0. The van der Waals surface area contributed by atoms with Gasteiger partial charge in [0.2, 0.25) is 0 Å². The molecule has 2 aromatic carbocycles. The molecule has 0 bridgehead atoms. The number of halogens is 3. The average Bonchev–Trinajstić information content (AvgIpc) is 2.90. The van der Waals surface area contributed by atoms with Crippen molar-refractivity contribution in [3.63, 3.8) is 0 Å². The third-order valence-electron chi connectivity index (χ3n) is 4.57. The van der Waals surface area contributed by atoms with Crippen LogP contribution in [0.25, 0.3) is 0 Å². The van der Waals surface area contributed by atoms with Gasteiger partial charge in [-0.3, -0.25) is 4.90 Å². The second kappa shape index (κ2) is 9.43. The van der Waals surface area contributed by atoms with E-state index in [4.69, 9.17) is 27.9 Å². The number of benzene rings is 2. The van der Waals surface area contributed by atoms with E-state index in [-0.39, 0.29) is 6.04 Å². The van der Waals surface area contributed by atoms with Crippen molar-refractivity contribution in [1.82, 2.24) is 10.2 Å². The molecule has 0 amide bonds. The molecule has 1 N–H and O–H groups in total. The molecule has 0 saturated carbocycles. The van der Waals surface area contributed by atoms with Crippen molar-refractivity contribution >= 4 is 39.1 Å². The number of hydrogen-bond acceptors (Lipinski definition) is 3. The Bertz CT molecular complexity index is 749. The van der Waals surface area contributed by atoms with E-state index < -0.39 is 0 Å². The molecule has 0 aliphatic carbocycles. The molecule has 6 heteroatoms. The lowest BCUT2D eigenvalue weighted by molar-refractivity contribution is 0.233. The highest BCUT2D eigenvalue weighted by molar-refractivity contribution is 9.10. The van der Waals surface area contributed by atoms with Gasteiger partial charge in [-0.2, -0.15) is 0 Å². The second-order valence-electron chi connectivity index (χ2n) is 6.33. The number of rotatable bonds is 5. The Hall–Kier alpha value is -0.780. The fourth-order valence-corrected chi connectivity index (χ4v) is 4.10. The summed E-state index contributed by atoms with van der Waals surface area (Å²) >= 11 is 16.1. The molecule has 3 nitrogen and oxygen atoms in total. The van der Waals surface area contributed by atoms with Gasteiger partial charge in [0.05, 0.1) is 22.7 Å². The Morgan fingerprint density at radius 1 is 1.12 bits per heavy atom. The van der Waals surface area contributed by atoms with Gasteiger partial charge in [0, 0.05) is 29.7 Å². The second-order valence-corrected chi connectivity index (χ2v) is 8.06. The molecule has 140 valence electrons. The molecule has 1 aliphatic heterocycles. The van der Waals surface area contributed by atoms with E-state index >= 15 is 0 Å². The summed E-state index contributed by atoms with van der Waals surface area (Å²) in [5.74, 6) is 0.906. The third-order valence-corrected chi connectivity index (χ3v) is 5.80. The van der Waals surface area contributed by atoms with Crippen LogP contribution in [0.5, 0.6) is 5.75 Å².